The van der Waals surface area contributed by atoms with Crippen molar-refractivity contribution in [2.75, 3.05) is 7.11 Å². The highest BCUT2D eigenvalue weighted by atomic mass is 16.5. The zero-order valence-corrected chi connectivity index (χ0v) is 12.3. The molecule has 0 aliphatic carbocycles. The van der Waals surface area contributed by atoms with Crippen molar-refractivity contribution < 1.29 is 9.53 Å². The van der Waals surface area contributed by atoms with Gasteiger partial charge in [0.2, 0.25) is 0 Å². The minimum absolute atomic E-state index is 0.0176. The molecule has 106 valence electrons. The molecule has 0 saturated carbocycles. The van der Waals surface area contributed by atoms with Gasteiger partial charge in [0.05, 0.1) is 13.0 Å². The second-order valence-corrected chi connectivity index (χ2v) is 5.19. The van der Waals surface area contributed by atoms with E-state index in [2.05, 4.69) is 49.4 Å². The molecule has 2 rings (SSSR count). The van der Waals surface area contributed by atoms with Crippen LogP contribution in [-0.4, -0.2) is 13.1 Å². The summed E-state index contributed by atoms with van der Waals surface area (Å²) >= 11 is 0. The van der Waals surface area contributed by atoms with Crippen LogP contribution in [0.5, 0.6) is 0 Å². The van der Waals surface area contributed by atoms with Crippen molar-refractivity contribution in [2.45, 2.75) is 32.6 Å². The Hall–Kier alpha value is -1.83. The molecule has 0 amide bonds. The number of aryl methyl sites for hydroxylation is 1. The van der Waals surface area contributed by atoms with E-state index in [1.165, 1.54) is 23.4 Å². The molecular weight excluding hydrogens is 248 g/mol. The summed E-state index contributed by atoms with van der Waals surface area (Å²) in [5, 5.41) is 2.55. The van der Waals surface area contributed by atoms with Gasteiger partial charge in [-0.15, -0.1) is 0 Å². The number of carbonyl (C=O) groups is 1. The normalized spacial score (nSPS) is 12.3. The highest BCUT2D eigenvalue weighted by Gasteiger charge is 2.18. The Bertz CT molecular complexity index is 569. The van der Waals surface area contributed by atoms with Crippen molar-refractivity contribution in [1.82, 2.24) is 0 Å². The Kier molecular flexibility index (Phi) is 5.16. The van der Waals surface area contributed by atoms with Crippen LogP contribution in [0.3, 0.4) is 0 Å². The third-order valence-electron chi connectivity index (χ3n) is 3.81. The summed E-state index contributed by atoms with van der Waals surface area (Å²) in [6, 6.07) is 14.8. The number of esters is 1. The van der Waals surface area contributed by atoms with E-state index < -0.39 is 0 Å². The molecule has 0 aliphatic rings. The van der Waals surface area contributed by atoms with Gasteiger partial charge in [0.1, 0.15) is 0 Å². The summed E-state index contributed by atoms with van der Waals surface area (Å²) in [6.07, 6.45) is 3.68. The number of rotatable bonds is 6. The van der Waals surface area contributed by atoms with Crippen LogP contribution in [0.4, 0.5) is 0 Å². The van der Waals surface area contributed by atoms with Gasteiger partial charge in [-0.2, -0.15) is 0 Å². The van der Waals surface area contributed by atoms with Crippen LogP contribution in [0.1, 0.15) is 31.7 Å². The summed E-state index contributed by atoms with van der Waals surface area (Å²) in [4.78, 5) is 11.8. The summed E-state index contributed by atoms with van der Waals surface area (Å²) in [5.74, 6) is -0.0592. The lowest BCUT2D eigenvalue weighted by Gasteiger charge is -2.14. The SMILES string of the molecule is CCCC(CCc1cccc2ccccc12)C(=O)OC. The molecule has 0 heterocycles. The highest BCUT2D eigenvalue weighted by Crippen LogP contribution is 2.23. The molecule has 0 radical (unpaired) electrons. The number of ether oxygens (including phenoxy) is 1. The largest absolute Gasteiger partial charge is 0.469 e. The van der Waals surface area contributed by atoms with Crippen LogP contribution in [-0.2, 0) is 16.0 Å². The van der Waals surface area contributed by atoms with Gasteiger partial charge in [-0.05, 0) is 35.6 Å². The summed E-state index contributed by atoms with van der Waals surface area (Å²) in [5.41, 5.74) is 1.31. The molecule has 0 bridgehead atoms. The van der Waals surface area contributed by atoms with E-state index in [9.17, 15) is 4.79 Å². The Morgan fingerprint density at radius 2 is 1.85 bits per heavy atom. The predicted molar refractivity (Wildman–Crippen MR) is 82.7 cm³/mol. The first-order valence-electron chi connectivity index (χ1n) is 7.30. The molecule has 0 aliphatic heterocycles. The van der Waals surface area contributed by atoms with Gasteiger partial charge < -0.3 is 4.74 Å². The monoisotopic (exact) mass is 270 g/mol. The second kappa shape index (κ2) is 7.09. The molecule has 20 heavy (non-hydrogen) atoms. The topological polar surface area (TPSA) is 26.3 Å². The van der Waals surface area contributed by atoms with Crippen molar-refractivity contribution >= 4 is 16.7 Å². The van der Waals surface area contributed by atoms with Gasteiger partial charge >= 0.3 is 5.97 Å². The Balaban J connectivity index is 2.13. The molecule has 2 heteroatoms. The highest BCUT2D eigenvalue weighted by molar-refractivity contribution is 5.85. The van der Waals surface area contributed by atoms with Crippen molar-refractivity contribution in [3.8, 4) is 0 Å². The molecular formula is C18H22O2. The van der Waals surface area contributed by atoms with Gasteiger partial charge in [0.25, 0.3) is 0 Å². The number of carbonyl (C=O) groups excluding carboxylic acids is 1. The van der Waals surface area contributed by atoms with Gasteiger partial charge in [0, 0.05) is 0 Å². The van der Waals surface area contributed by atoms with E-state index in [4.69, 9.17) is 4.74 Å². The molecule has 1 unspecified atom stereocenters. The summed E-state index contributed by atoms with van der Waals surface area (Å²) in [6.45, 7) is 2.11. The molecule has 1 atom stereocenters. The second-order valence-electron chi connectivity index (χ2n) is 5.19. The lowest BCUT2D eigenvalue weighted by molar-refractivity contribution is -0.145. The first-order chi connectivity index (χ1) is 9.76. The van der Waals surface area contributed by atoms with E-state index >= 15 is 0 Å². The van der Waals surface area contributed by atoms with Crippen LogP contribution in [0.2, 0.25) is 0 Å². The lowest BCUT2D eigenvalue weighted by Crippen LogP contribution is -2.16. The molecule has 2 aromatic carbocycles. The van der Waals surface area contributed by atoms with Crippen LogP contribution in [0, 0.1) is 5.92 Å². The van der Waals surface area contributed by atoms with E-state index in [0.29, 0.717) is 0 Å². The van der Waals surface area contributed by atoms with Gasteiger partial charge in [0.15, 0.2) is 0 Å². The Labute approximate surface area is 120 Å². The van der Waals surface area contributed by atoms with Crippen molar-refractivity contribution in [2.24, 2.45) is 5.92 Å². The Morgan fingerprint density at radius 1 is 1.10 bits per heavy atom. The third kappa shape index (κ3) is 3.38. The molecule has 0 N–H and O–H groups in total. The minimum atomic E-state index is -0.0768. The molecule has 0 spiro atoms. The minimum Gasteiger partial charge on any atom is -0.469 e. The smallest absolute Gasteiger partial charge is 0.308 e. The van der Waals surface area contributed by atoms with Crippen molar-refractivity contribution in [3.63, 3.8) is 0 Å². The number of benzene rings is 2. The molecule has 0 aromatic heterocycles. The van der Waals surface area contributed by atoms with E-state index in [-0.39, 0.29) is 11.9 Å². The van der Waals surface area contributed by atoms with Crippen molar-refractivity contribution in [1.29, 1.82) is 0 Å². The van der Waals surface area contributed by atoms with Gasteiger partial charge in [-0.3, -0.25) is 4.79 Å². The number of fused-ring (bicyclic) bond motifs is 1. The predicted octanol–water partition coefficient (Wildman–Crippen LogP) is 4.36. The summed E-state index contributed by atoms with van der Waals surface area (Å²) in [7, 11) is 1.48. The maximum absolute atomic E-state index is 11.8. The first-order valence-corrected chi connectivity index (χ1v) is 7.30. The van der Waals surface area contributed by atoms with E-state index in [1.807, 2.05) is 0 Å². The van der Waals surface area contributed by atoms with Crippen molar-refractivity contribution in [3.05, 3.63) is 48.0 Å². The van der Waals surface area contributed by atoms with E-state index in [0.717, 1.165) is 25.7 Å². The third-order valence-corrected chi connectivity index (χ3v) is 3.81. The molecule has 2 nitrogen and oxygen atoms in total. The summed E-state index contributed by atoms with van der Waals surface area (Å²) < 4.78 is 4.90. The van der Waals surface area contributed by atoms with Crippen LogP contribution < -0.4 is 0 Å². The number of hydrogen-bond acceptors (Lipinski definition) is 2. The van der Waals surface area contributed by atoms with Gasteiger partial charge in [-0.1, -0.05) is 55.8 Å². The van der Waals surface area contributed by atoms with Crippen LogP contribution in [0.15, 0.2) is 42.5 Å². The number of methoxy groups -OCH3 is 1. The quantitative estimate of drug-likeness (QED) is 0.729. The Morgan fingerprint density at radius 3 is 2.60 bits per heavy atom. The first kappa shape index (κ1) is 14.6. The fourth-order valence-electron chi connectivity index (χ4n) is 2.74. The zero-order chi connectivity index (χ0) is 14.4. The fourth-order valence-corrected chi connectivity index (χ4v) is 2.74. The van der Waals surface area contributed by atoms with Crippen LogP contribution in [0.25, 0.3) is 10.8 Å². The standard InChI is InChI=1S/C18H22O2/c1-3-7-16(18(19)20-2)13-12-15-10-6-9-14-8-4-5-11-17(14)15/h4-6,8-11,16H,3,7,12-13H2,1-2H3. The van der Waals surface area contributed by atoms with Gasteiger partial charge in [-0.25, -0.2) is 0 Å². The number of hydrogen-bond donors (Lipinski definition) is 0. The van der Waals surface area contributed by atoms with E-state index in [1.54, 1.807) is 0 Å². The molecule has 2 aromatic rings. The maximum Gasteiger partial charge on any atom is 0.308 e. The zero-order valence-electron chi connectivity index (χ0n) is 12.3. The lowest BCUT2D eigenvalue weighted by atomic mass is 9.93. The fraction of sp³-hybridized carbons (Fsp3) is 0.389. The molecule has 0 saturated heterocycles. The van der Waals surface area contributed by atoms with Crippen LogP contribution >= 0.6 is 0 Å². The molecule has 0 fully saturated rings. The average molecular weight is 270 g/mol. The average Bonchev–Trinajstić information content (AvgIpc) is 2.50. The maximum atomic E-state index is 11.8.